The smallest absolute Gasteiger partial charge is 0.270 e. The summed E-state index contributed by atoms with van der Waals surface area (Å²) in [7, 11) is 0. The van der Waals surface area contributed by atoms with Crippen LogP contribution in [0.25, 0.3) is 10.8 Å². The molecule has 1 N–H and O–H groups in total. The molecule has 0 bridgehead atoms. The van der Waals surface area contributed by atoms with Gasteiger partial charge in [-0.25, -0.2) is 0 Å². The Kier molecular flexibility index (Phi) is 5.70. The van der Waals surface area contributed by atoms with Crippen LogP contribution >= 0.6 is 15.9 Å². The van der Waals surface area contributed by atoms with E-state index in [-0.39, 0.29) is 17.8 Å². The van der Waals surface area contributed by atoms with Crippen molar-refractivity contribution in [1.82, 2.24) is 0 Å². The highest BCUT2D eigenvalue weighted by atomic mass is 79.9. The van der Waals surface area contributed by atoms with Crippen molar-refractivity contribution >= 4 is 49.8 Å². The molecule has 4 aromatic carbocycles. The average Bonchev–Trinajstić information content (AvgIpc) is 3.05. The number of non-ortho nitro benzene ring substituents is 1. The second-order valence-corrected chi connectivity index (χ2v) is 9.42. The number of ketones is 1. The van der Waals surface area contributed by atoms with Crippen molar-refractivity contribution in [2.24, 2.45) is 0 Å². The van der Waals surface area contributed by atoms with Gasteiger partial charge in [-0.1, -0.05) is 64.5 Å². The Hall–Kier alpha value is -3.88. The van der Waals surface area contributed by atoms with E-state index in [1.165, 1.54) is 23.1 Å². The van der Waals surface area contributed by atoms with Gasteiger partial charge in [-0.2, -0.15) is 0 Å². The van der Waals surface area contributed by atoms with Crippen LogP contribution in [0.4, 0.5) is 11.4 Å². The number of nitro benzene ring substituents is 1. The number of carbonyl (C=O) groups excluding carboxylic acids is 2. The van der Waals surface area contributed by atoms with Crippen molar-refractivity contribution in [2.45, 2.75) is 18.6 Å². The van der Waals surface area contributed by atoms with E-state index in [0.717, 1.165) is 22.4 Å². The fraction of sp³-hybridized carbons (Fsp3) is 0.111. The number of anilines is 1. The Balaban J connectivity index is 1.50. The lowest BCUT2D eigenvalue weighted by atomic mass is 9.88. The number of Topliss-reactive ketones (excluding diaryl/α,β-unsaturated/α-hetero) is 1. The molecule has 0 fully saturated rings. The second kappa shape index (κ2) is 8.72. The predicted octanol–water partition coefficient (Wildman–Crippen LogP) is 5.52. The summed E-state index contributed by atoms with van der Waals surface area (Å²) in [6.45, 7) is 0.214. The number of hydrogen-bond donors (Lipinski definition) is 1. The van der Waals surface area contributed by atoms with Crippen LogP contribution in [0.5, 0.6) is 0 Å². The fourth-order valence-corrected chi connectivity index (χ4v) is 4.86. The molecule has 0 spiro atoms. The van der Waals surface area contributed by atoms with Crippen molar-refractivity contribution in [3.8, 4) is 0 Å². The Labute approximate surface area is 208 Å². The van der Waals surface area contributed by atoms with Crippen LogP contribution in [-0.2, 0) is 16.9 Å². The van der Waals surface area contributed by atoms with Gasteiger partial charge in [0.1, 0.15) is 0 Å². The highest BCUT2D eigenvalue weighted by molar-refractivity contribution is 9.10. The molecule has 0 radical (unpaired) electrons. The van der Waals surface area contributed by atoms with Gasteiger partial charge >= 0.3 is 0 Å². The van der Waals surface area contributed by atoms with Gasteiger partial charge in [-0.3, -0.25) is 19.7 Å². The molecule has 0 saturated carbocycles. The van der Waals surface area contributed by atoms with Crippen LogP contribution in [0.2, 0.25) is 0 Å². The van der Waals surface area contributed by atoms with Gasteiger partial charge in [0.2, 0.25) is 0 Å². The normalized spacial score (nSPS) is 17.0. The highest BCUT2D eigenvalue weighted by Crippen LogP contribution is 2.45. The lowest BCUT2D eigenvalue weighted by Gasteiger charge is -2.23. The standard InChI is InChI=1S/C27H19BrN2O5/c28-21-10-11-24-23(14-21)27(33,15-25(31)20-6-3-7-22(13-20)30(34)35)26(32)29(24)16-17-8-9-18-4-1-2-5-19(18)12-17/h1-14,33H,15-16H2. The topological polar surface area (TPSA) is 101 Å². The summed E-state index contributed by atoms with van der Waals surface area (Å²) in [5, 5.41) is 24.8. The quantitative estimate of drug-likeness (QED) is 0.201. The average molecular weight is 531 g/mol. The third-order valence-corrected chi connectivity index (χ3v) is 6.74. The molecule has 0 saturated heterocycles. The third-order valence-electron chi connectivity index (χ3n) is 6.24. The summed E-state index contributed by atoms with van der Waals surface area (Å²) in [6, 6.07) is 24.2. The zero-order valence-corrected chi connectivity index (χ0v) is 19.9. The zero-order chi connectivity index (χ0) is 24.7. The molecule has 8 heteroatoms. The lowest BCUT2D eigenvalue weighted by Crippen LogP contribution is -2.41. The molecule has 1 aliphatic heterocycles. The van der Waals surface area contributed by atoms with Crippen LogP contribution in [0.1, 0.15) is 27.9 Å². The molecule has 1 heterocycles. The number of amides is 1. The largest absolute Gasteiger partial charge is 0.375 e. The molecule has 1 aliphatic rings. The van der Waals surface area contributed by atoms with Gasteiger partial charge in [0.05, 0.1) is 23.6 Å². The molecule has 174 valence electrons. The highest BCUT2D eigenvalue weighted by Gasteiger charge is 2.51. The number of aliphatic hydroxyl groups is 1. The second-order valence-electron chi connectivity index (χ2n) is 8.50. The first-order valence-corrected chi connectivity index (χ1v) is 11.7. The number of nitro groups is 1. The molecule has 1 unspecified atom stereocenters. The Morgan fingerprint density at radius 3 is 2.51 bits per heavy atom. The number of fused-ring (bicyclic) bond motifs is 2. The van der Waals surface area contributed by atoms with Gasteiger partial charge in [0.15, 0.2) is 11.4 Å². The van der Waals surface area contributed by atoms with Gasteiger partial charge in [0.25, 0.3) is 11.6 Å². The van der Waals surface area contributed by atoms with Crippen molar-refractivity contribution in [3.63, 3.8) is 0 Å². The summed E-state index contributed by atoms with van der Waals surface area (Å²) < 4.78 is 0.651. The van der Waals surface area contributed by atoms with Gasteiger partial charge < -0.3 is 10.0 Å². The Bertz CT molecular complexity index is 1520. The molecule has 1 amide bonds. The van der Waals surface area contributed by atoms with E-state index in [0.29, 0.717) is 15.7 Å². The van der Waals surface area contributed by atoms with Crippen molar-refractivity contribution in [1.29, 1.82) is 0 Å². The van der Waals surface area contributed by atoms with E-state index in [1.54, 1.807) is 18.2 Å². The Morgan fingerprint density at radius 2 is 1.74 bits per heavy atom. The molecular weight excluding hydrogens is 512 g/mol. The van der Waals surface area contributed by atoms with Crippen LogP contribution < -0.4 is 4.90 Å². The maximum absolute atomic E-state index is 13.6. The fourth-order valence-electron chi connectivity index (χ4n) is 4.50. The molecule has 4 aromatic rings. The van der Waals surface area contributed by atoms with E-state index in [1.807, 2.05) is 42.5 Å². The van der Waals surface area contributed by atoms with E-state index >= 15 is 0 Å². The SMILES string of the molecule is O=C(CC1(O)C(=O)N(Cc2ccc3ccccc3c2)c2ccc(Br)cc21)c1cccc([N+](=O)[O-])c1. The van der Waals surface area contributed by atoms with E-state index in [2.05, 4.69) is 15.9 Å². The summed E-state index contributed by atoms with van der Waals surface area (Å²) in [4.78, 5) is 38.7. The van der Waals surface area contributed by atoms with E-state index in [4.69, 9.17) is 0 Å². The molecular formula is C27H19BrN2O5. The monoisotopic (exact) mass is 530 g/mol. The molecule has 35 heavy (non-hydrogen) atoms. The van der Waals surface area contributed by atoms with Gasteiger partial charge in [-0.15, -0.1) is 0 Å². The summed E-state index contributed by atoms with van der Waals surface area (Å²) in [5.74, 6) is -1.18. The maximum atomic E-state index is 13.6. The number of rotatable bonds is 6. The van der Waals surface area contributed by atoms with Crippen molar-refractivity contribution < 1.29 is 19.6 Å². The van der Waals surface area contributed by atoms with E-state index in [9.17, 15) is 24.8 Å². The Morgan fingerprint density at radius 1 is 0.971 bits per heavy atom. The molecule has 5 rings (SSSR count). The lowest BCUT2D eigenvalue weighted by molar-refractivity contribution is -0.384. The minimum absolute atomic E-state index is 0.0601. The molecule has 1 atom stereocenters. The van der Waals surface area contributed by atoms with Gasteiger partial charge in [-0.05, 0) is 40.6 Å². The maximum Gasteiger partial charge on any atom is 0.270 e. The van der Waals surface area contributed by atoms with Crippen molar-refractivity contribution in [2.75, 3.05) is 4.90 Å². The van der Waals surface area contributed by atoms with Gasteiger partial charge in [0, 0.05) is 27.7 Å². The molecule has 0 aromatic heterocycles. The van der Waals surface area contributed by atoms with Crippen LogP contribution in [-0.4, -0.2) is 21.7 Å². The number of halogens is 1. The van der Waals surface area contributed by atoms with Crippen molar-refractivity contribution in [3.05, 3.63) is 116 Å². The first kappa shape index (κ1) is 22.9. The molecule has 7 nitrogen and oxygen atoms in total. The number of hydrogen-bond acceptors (Lipinski definition) is 5. The zero-order valence-electron chi connectivity index (χ0n) is 18.3. The van der Waals surface area contributed by atoms with Crippen LogP contribution in [0.3, 0.4) is 0 Å². The minimum Gasteiger partial charge on any atom is -0.375 e. The summed E-state index contributed by atoms with van der Waals surface area (Å²) >= 11 is 3.39. The number of nitrogens with zero attached hydrogens (tertiary/aromatic N) is 2. The third kappa shape index (κ3) is 4.11. The summed E-state index contributed by atoms with van der Waals surface area (Å²) in [6.07, 6.45) is -0.537. The minimum atomic E-state index is -2.10. The number of carbonyl (C=O) groups is 2. The first-order chi connectivity index (χ1) is 16.8. The summed E-state index contributed by atoms with van der Waals surface area (Å²) in [5.41, 5.74) is -0.568. The van der Waals surface area contributed by atoms with Crippen LogP contribution in [0, 0.1) is 10.1 Å². The first-order valence-electron chi connectivity index (χ1n) is 10.9. The van der Waals surface area contributed by atoms with E-state index < -0.39 is 28.6 Å². The molecule has 0 aliphatic carbocycles. The van der Waals surface area contributed by atoms with Crippen LogP contribution in [0.15, 0.2) is 89.4 Å². The predicted molar refractivity (Wildman–Crippen MR) is 135 cm³/mol. The number of benzene rings is 4.